The van der Waals surface area contributed by atoms with Crippen molar-refractivity contribution in [2.45, 2.75) is 18.5 Å². The summed E-state index contributed by atoms with van der Waals surface area (Å²) in [6.45, 7) is 0.0223. The van der Waals surface area contributed by atoms with Crippen molar-refractivity contribution in [1.29, 1.82) is 0 Å². The third-order valence-electron chi connectivity index (χ3n) is 4.52. The number of nitrogens with zero attached hydrogens (tertiary/aromatic N) is 4. The van der Waals surface area contributed by atoms with Crippen molar-refractivity contribution in [1.82, 2.24) is 24.5 Å². The second-order valence-corrected chi connectivity index (χ2v) is 8.24. The minimum Gasteiger partial charge on any atom is -0.282 e. The molecule has 3 aromatic heterocycles. The fraction of sp³-hybridized carbons (Fsp3) is 0.400. The first kappa shape index (κ1) is 17.2. The highest BCUT2D eigenvalue weighted by Crippen LogP contribution is 2.35. The lowest BCUT2D eigenvalue weighted by atomic mass is 9.98. The molecule has 0 saturated carbocycles. The Morgan fingerprint density at radius 1 is 1.27 bits per heavy atom. The van der Waals surface area contributed by atoms with Crippen molar-refractivity contribution in [3.05, 3.63) is 30.4 Å². The highest BCUT2D eigenvalue weighted by Gasteiger charge is 2.41. The topological polar surface area (TPSA) is 91.8 Å². The van der Waals surface area contributed by atoms with Gasteiger partial charge in [-0.1, -0.05) is 0 Å². The number of H-pyrrole nitrogens is 1. The number of nitrogens with one attached hydrogen (secondary N) is 1. The summed E-state index contributed by atoms with van der Waals surface area (Å²) >= 11 is 0. The Kier molecular flexibility index (Phi) is 3.88. The van der Waals surface area contributed by atoms with E-state index < -0.39 is 22.0 Å². The number of sulfonamides is 1. The Hall–Kier alpha value is -2.27. The number of hydrogen-bond donors (Lipinski definition) is 1. The molecule has 1 aliphatic heterocycles. The maximum absolute atomic E-state index is 12.5. The Balaban J connectivity index is 1.71. The molecule has 4 heterocycles. The summed E-state index contributed by atoms with van der Waals surface area (Å²) in [7, 11) is -4.39. The van der Waals surface area contributed by atoms with E-state index in [0.717, 1.165) is 20.5 Å². The van der Waals surface area contributed by atoms with Gasteiger partial charge in [-0.25, -0.2) is 22.7 Å². The van der Waals surface area contributed by atoms with Gasteiger partial charge in [0.1, 0.15) is 0 Å². The van der Waals surface area contributed by atoms with Crippen molar-refractivity contribution in [2.75, 3.05) is 18.8 Å². The fourth-order valence-corrected chi connectivity index (χ4v) is 4.80. The lowest BCUT2D eigenvalue weighted by Gasteiger charge is -2.18. The molecule has 1 fully saturated rings. The number of alkyl halides is 3. The largest absolute Gasteiger partial charge is 0.404 e. The Bertz CT molecular complexity index is 1080. The van der Waals surface area contributed by atoms with Crippen LogP contribution in [0.2, 0.25) is 0 Å². The first-order valence-electron chi connectivity index (χ1n) is 7.86. The predicted molar refractivity (Wildman–Crippen MR) is 88.0 cm³/mol. The molecule has 0 radical (unpaired) electrons. The zero-order valence-electron chi connectivity index (χ0n) is 13.4. The molecular weight excluding hydrogens is 371 g/mol. The summed E-state index contributed by atoms with van der Waals surface area (Å²) in [5.74, 6) is -2.12. The summed E-state index contributed by atoms with van der Waals surface area (Å²) < 4.78 is 62.6. The average molecular weight is 385 g/mol. The summed E-state index contributed by atoms with van der Waals surface area (Å²) in [6, 6.07) is 1.80. The maximum Gasteiger partial charge on any atom is 0.404 e. The van der Waals surface area contributed by atoms with Gasteiger partial charge in [-0.2, -0.15) is 18.3 Å². The number of aromatic amines is 1. The quantitative estimate of drug-likeness (QED) is 0.746. The van der Waals surface area contributed by atoms with Crippen LogP contribution in [0.1, 0.15) is 18.0 Å². The second-order valence-electron chi connectivity index (χ2n) is 6.27. The van der Waals surface area contributed by atoms with Gasteiger partial charge >= 0.3 is 6.18 Å². The van der Waals surface area contributed by atoms with Gasteiger partial charge in [-0.15, -0.1) is 0 Å². The first-order chi connectivity index (χ1) is 12.2. The van der Waals surface area contributed by atoms with Gasteiger partial charge in [0, 0.05) is 53.3 Å². The predicted octanol–water partition coefficient (Wildman–Crippen LogP) is 2.19. The summed E-state index contributed by atoms with van der Waals surface area (Å²) in [6.07, 6.45) is 0.499. The molecule has 1 N–H and O–H groups in total. The van der Waals surface area contributed by atoms with Crippen molar-refractivity contribution >= 4 is 31.8 Å². The SMILES string of the molecule is O=S(=O)(CC(F)(F)F)N1CCC(c2[nH]ncc3cnc4nccc4c23)C1. The van der Waals surface area contributed by atoms with Crippen molar-refractivity contribution in [2.24, 2.45) is 0 Å². The van der Waals surface area contributed by atoms with Crippen LogP contribution < -0.4 is 0 Å². The van der Waals surface area contributed by atoms with E-state index in [1.807, 2.05) is 0 Å². The van der Waals surface area contributed by atoms with E-state index in [1.165, 1.54) is 0 Å². The van der Waals surface area contributed by atoms with Gasteiger partial charge in [-0.3, -0.25) is 5.10 Å². The van der Waals surface area contributed by atoms with Crippen LogP contribution in [0.5, 0.6) is 0 Å². The molecule has 1 unspecified atom stereocenters. The van der Waals surface area contributed by atoms with Crippen LogP contribution in [0.25, 0.3) is 21.8 Å². The van der Waals surface area contributed by atoms with E-state index in [9.17, 15) is 21.6 Å². The summed E-state index contributed by atoms with van der Waals surface area (Å²) in [5.41, 5.74) is 1.24. The van der Waals surface area contributed by atoms with Crippen molar-refractivity contribution in [3.63, 3.8) is 0 Å². The first-order valence-corrected chi connectivity index (χ1v) is 9.47. The lowest BCUT2D eigenvalue weighted by Crippen LogP contribution is -2.36. The molecule has 3 aromatic rings. The fourth-order valence-electron chi connectivity index (χ4n) is 3.41. The minimum atomic E-state index is -4.76. The van der Waals surface area contributed by atoms with E-state index in [1.54, 1.807) is 24.7 Å². The monoisotopic (exact) mass is 385 g/mol. The van der Waals surface area contributed by atoms with Crippen LogP contribution in [0.3, 0.4) is 0 Å². The molecule has 0 amide bonds. The lowest BCUT2D eigenvalue weighted by molar-refractivity contribution is -0.106. The molecule has 0 bridgehead atoms. The number of hydrogen-bond acceptors (Lipinski definition) is 5. The van der Waals surface area contributed by atoms with Crippen LogP contribution in [0, 0.1) is 0 Å². The van der Waals surface area contributed by atoms with Crippen LogP contribution in [-0.4, -0.2) is 57.9 Å². The standard InChI is InChI=1S/C15H14F3N5O2S/c16-15(17,18)8-26(24,25)23-4-2-9(7-23)13-12-10(6-21-22-13)5-20-14-11(12)1-3-19-14/h1,3,5-6,9,22H,2,4,7-8H2. The second kappa shape index (κ2) is 5.88. The summed E-state index contributed by atoms with van der Waals surface area (Å²) in [5, 5.41) is 9.35. The molecule has 1 saturated heterocycles. The minimum absolute atomic E-state index is 0.0202. The van der Waals surface area contributed by atoms with Gasteiger partial charge in [0.25, 0.3) is 0 Å². The van der Waals surface area contributed by atoms with E-state index in [-0.39, 0.29) is 19.0 Å². The molecule has 11 heteroatoms. The van der Waals surface area contributed by atoms with Gasteiger partial charge < -0.3 is 0 Å². The molecule has 4 rings (SSSR count). The molecular formula is C15H14F3N5O2S. The van der Waals surface area contributed by atoms with Gasteiger partial charge in [-0.05, 0) is 12.5 Å². The molecule has 0 aromatic carbocycles. The molecule has 1 atom stereocenters. The zero-order valence-corrected chi connectivity index (χ0v) is 14.2. The third kappa shape index (κ3) is 3.01. The number of halogens is 3. The van der Waals surface area contributed by atoms with Gasteiger partial charge in [0.05, 0.1) is 6.20 Å². The molecule has 0 spiro atoms. The molecule has 1 aliphatic rings. The van der Waals surface area contributed by atoms with E-state index in [0.29, 0.717) is 17.8 Å². The summed E-state index contributed by atoms with van der Waals surface area (Å²) in [4.78, 5) is 8.39. The van der Waals surface area contributed by atoms with Gasteiger partial charge in [0.2, 0.25) is 10.0 Å². The Morgan fingerprint density at radius 2 is 2.08 bits per heavy atom. The molecule has 0 aliphatic carbocycles. The normalized spacial score (nSPS) is 19.6. The highest BCUT2D eigenvalue weighted by molar-refractivity contribution is 7.89. The highest BCUT2D eigenvalue weighted by atomic mass is 32.2. The number of pyridine rings is 1. The van der Waals surface area contributed by atoms with Gasteiger partial charge in [0.15, 0.2) is 11.4 Å². The maximum atomic E-state index is 12.5. The van der Waals surface area contributed by atoms with Crippen molar-refractivity contribution in [3.8, 4) is 0 Å². The van der Waals surface area contributed by atoms with E-state index in [2.05, 4.69) is 20.2 Å². The Morgan fingerprint density at radius 3 is 2.85 bits per heavy atom. The molecule has 26 heavy (non-hydrogen) atoms. The Labute approximate surface area is 146 Å². The molecule has 138 valence electrons. The van der Waals surface area contributed by atoms with Crippen LogP contribution in [0.4, 0.5) is 13.2 Å². The zero-order chi connectivity index (χ0) is 18.5. The van der Waals surface area contributed by atoms with Crippen LogP contribution >= 0.6 is 0 Å². The van der Waals surface area contributed by atoms with E-state index in [4.69, 9.17) is 0 Å². The van der Waals surface area contributed by atoms with Crippen molar-refractivity contribution < 1.29 is 21.6 Å². The van der Waals surface area contributed by atoms with Crippen LogP contribution in [0.15, 0.2) is 24.7 Å². The van der Waals surface area contributed by atoms with Crippen LogP contribution in [-0.2, 0) is 10.0 Å². The smallest absolute Gasteiger partial charge is 0.282 e. The van der Waals surface area contributed by atoms with E-state index >= 15 is 0 Å². The third-order valence-corrected chi connectivity index (χ3v) is 6.33. The average Bonchev–Trinajstić information content (AvgIpc) is 3.21. The number of fused-ring (bicyclic) bond motifs is 3. The number of rotatable bonds is 3. The number of aromatic nitrogens is 4. The molecule has 7 nitrogen and oxygen atoms in total.